The van der Waals surface area contributed by atoms with Crippen molar-refractivity contribution < 1.29 is 24.5 Å². The lowest BCUT2D eigenvalue weighted by atomic mass is 9.96. The van der Waals surface area contributed by atoms with E-state index >= 15 is 0 Å². The first-order valence-electron chi connectivity index (χ1n) is 6.54. The predicted molar refractivity (Wildman–Crippen MR) is 68.8 cm³/mol. The van der Waals surface area contributed by atoms with Crippen molar-refractivity contribution >= 4 is 12.1 Å². The smallest absolute Gasteiger partial charge is 0.410 e. The van der Waals surface area contributed by atoms with E-state index in [1.54, 1.807) is 20.8 Å². The van der Waals surface area contributed by atoms with E-state index < -0.39 is 35.7 Å². The number of aliphatic hydroxyl groups is 1. The number of amides is 1. The molecule has 0 saturated carbocycles. The molecule has 6 heteroatoms. The van der Waals surface area contributed by atoms with Crippen LogP contribution in [0.4, 0.5) is 4.79 Å². The summed E-state index contributed by atoms with van der Waals surface area (Å²) in [6.07, 6.45) is -0.232. The number of carbonyl (C=O) groups is 2. The number of hydrogen-bond donors (Lipinski definition) is 2. The molecule has 1 amide bonds. The number of carboxylic acid groups (broad SMARTS) is 1. The lowest BCUT2D eigenvalue weighted by Crippen LogP contribution is -2.48. The van der Waals surface area contributed by atoms with Gasteiger partial charge >= 0.3 is 12.1 Å². The summed E-state index contributed by atoms with van der Waals surface area (Å²) < 4.78 is 5.27. The quantitative estimate of drug-likeness (QED) is 0.813. The van der Waals surface area contributed by atoms with Crippen LogP contribution < -0.4 is 0 Å². The Morgan fingerprint density at radius 1 is 1.37 bits per heavy atom. The summed E-state index contributed by atoms with van der Waals surface area (Å²) in [5.41, 5.74) is -0.604. The Hall–Kier alpha value is -1.30. The molecule has 1 saturated heterocycles. The van der Waals surface area contributed by atoms with Crippen LogP contribution in [0.3, 0.4) is 0 Å². The number of ether oxygens (including phenoxy) is 1. The van der Waals surface area contributed by atoms with Gasteiger partial charge in [-0.1, -0.05) is 0 Å². The molecule has 1 rings (SSSR count). The van der Waals surface area contributed by atoms with Crippen molar-refractivity contribution in [3.63, 3.8) is 0 Å². The summed E-state index contributed by atoms with van der Waals surface area (Å²) in [7, 11) is 0. The van der Waals surface area contributed by atoms with Gasteiger partial charge in [0.25, 0.3) is 0 Å². The van der Waals surface area contributed by atoms with Crippen LogP contribution in [0.2, 0.25) is 0 Å². The normalized spacial score (nSPS) is 23.0. The Kier molecular flexibility index (Phi) is 4.79. The molecule has 3 atom stereocenters. The highest BCUT2D eigenvalue weighted by Gasteiger charge is 2.40. The number of hydrogen-bond acceptors (Lipinski definition) is 4. The Morgan fingerprint density at radius 3 is 2.42 bits per heavy atom. The van der Waals surface area contributed by atoms with Crippen molar-refractivity contribution in [1.29, 1.82) is 0 Å². The highest BCUT2D eigenvalue weighted by Crippen LogP contribution is 2.26. The fourth-order valence-electron chi connectivity index (χ4n) is 2.17. The zero-order valence-electron chi connectivity index (χ0n) is 11.9. The van der Waals surface area contributed by atoms with Gasteiger partial charge in [0.2, 0.25) is 0 Å². The maximum atomic E-state index is 12.0. The molecule has 19 heavy (non-hydrogen) atoms. The number of likely N-dealkylation sites (tertiary alicyclic amines) is 1. The van der Waals surface area contributed by atoms with Gasteiger partial charge in [0.1, 0.15) is 5.60 Å². The third kappa shape index (κ3) is 4.09. The summed E-state index contributed by atoms with van der Waals surface area (Å²) in [4.78, 5) is 24.4. The fraction of sp³-hybridized carbons (Fsp3) is 0.846. The number of carboxylic acids is 1. The second-order valence-electron chi connectivity index (χ2n) is 6.00. The molecular weight excluding hydrogens is 250 g/mol. The number of aliphatic carboxylic acids is 1. The van der Waals surface area contributed by atoms with Gasteiger partial charge < -0.3 is 19.8 Å². The molecule has 0 bridgehead atoms. The molecule has 110 valence electrons. The van der Waals surface area contributed by atoms with Crippen molar-refractivity contribution in [1.82, 2.24) is 4.90 Å². The van der Waals surface area contributed by atoms with Crippen molar-refractivity contribution in [2.45, 2.75) is 58.3 Å². The molecule has 1 heterocycles. The SMILES string of the molecule is C[C@@H](C(=O)O)[C@@H](O)C1CCCN1C(=O)OC(C)(C)C. The van der Waals surface area contributed by atoms with Gasteiger partial charge in [-0.05, 0) is 40.5 Å². The third-order valence-corrected chi connectivity index (χ3v) is 3.22. The van der Waals surface area contributed by atoms with E-state index in [9.17, 15) is 14.7 Å². The van der Waals surface area contributed by atoms with Gasteiger partial charge in [-0.15, -0.1) is 0 Å². The first kappa shape index (κ1) is 15.8. The maximum Gasteiger partial charge on any atom is 0.410 e. The van der Waals surface area contributed by atoms with Crippen LogP contribution >= 0.6 is 0 Å². The lowest BCUT2D eigenvalue weighted by Gasteiger charge is -2.32. The summed E-state index contributed by atoms with van der Waals surface area (Å²) in [6, 6.07) is -0.485. The van der Waals surface area contributed by atoms with Crippen molar-refractivity contribution in [3.05, 3.63) is 0 Å². The zero-order chi connectivity index (χ0) is 14.8. The van der Waals surface area contributed by atoms with Crippen molar-refractivity contribution in [2.75, 3.05) is 6.54 Å². The summed E-state index contributed by atoms with van der Waals surface area (Å²) in [5.74, 6) is -1.98. The molecule has 1 aliphatic heterocycles. The minimum atomic E-state index is -1.08. The van der Waals surface area contributed by atoms with E-state index in [1.165, 1.54) is 11.8 Å². The molecule has 2 N–H and O–H groups in total. The molecule has 1 fully saturated rings. The second kappa shape index (κ2) is 5.77. The predicted octanol–water partition coefficient (Wildman–Crippen LogP) is 1.47. The van der Waals surface area contributed by atoms with Gasteiger partial charge in [0.05, 0.1) is 18.1 Å². The molecule has 0 aromatic heterocycles. The van der Waals surface area contributed by atoms with E-state index in [-0.39, 0.29) is 0 Å². The van der Waals surface area contributed by atoms with Crippen LogP contribution in [0.5, 0.6) is 0 Å². The fourth-order valence-corrected chi connectivity index (χ4v) is 2.17. The van der Waals surface area contributed by atoms with Crippen LogP contribution in [0.1, 0.15) is 40.5 Å². The van der Waals surface area contributed by atoms with Crippen LogP contribution in [0.15, 0.2) is 0 Å². The van der Waals surface area contributed by atoms with Crippen molar-refractivity contribution in [2.24, 2.45) is 5.92 Å². The maximum absolute atomic E-state index is 12.0. The molecule has 0 spiro atoms. The molecule has 1 aliphatic rings. The monoisotopic (exact) mass is 273 g/mol. The van der Waals surface area contributed by atoms with E-state index in [4.69, 9.17) is 9.84 Å². The first-order chi connectivity index (χ1) is 8.63. The molecular formula is C13H23NO5. The van der Waals surface area contributed by atoms with Gasteiger partial charge in [-0.25, -0.2) is 4.79 Å². The highest BCUT2D eigenvalue weighted by atomic mass is 16.6. The Bertz CT molecular complexity index is 349. The number of rotatable bonds is 3. The van der Waals surface area contributed by atoms with E-state index in [1.807, 2.05) is 0 Å². The van der Waals surface area contributed by atoms with E-state index in [0.29, 0.717) is 13.0 Å². The number of aliphatic hydroxyl groups excluding tert-OH is 1. The summed E-state index contributed by atoms with van der Waals surface area (Å²) >= 11 is 0. The summed E-state index contributed by atoms with van der Waals surface area (Å²) in [5, 5.41) is 19.0. The Morgan fingerprint density at radius 2 is 1.95 bits per heavy atom. The molecule has 0 aromatic rings. The average molecular weight is 273 g/mol. The Balaban J connectivity index is 2.73. The minimum absolute atomic E-state index is 0.485. The lowest BCUT2D eigenvalue weighted by molar-refractivity contribution is -0.146. The highest BCUT2D eigenvalue weighted by molar-refractivity contribution is 5.71. The molecule has 0 aromatic carbocycles. The van der Waals surface area contributed by atoms with Gasteiger partial charge in [-0.2, -0.15) is 0 Å². The first-order valence-corrected chi connectivity index (χ1v) is 6.54. The molecule has 0 radical (unpaired) electrons. The van der Waals surface area contributed by atoms with Crippen LogP contribution in [-0.4, -0.2) is 51.5 Å². The zero-order valence-corrected chi connectivity index (χ0v) is 11.9. The largest absolute Gasteiger partial charge is 0.481 e. The molecule has 1 unspecified atom stereocenters. The molecule has 6 nitrogen and oxygen atoms in total. The third-order valence-electron chi connectivity index (χ3n) is 3.22. The van der Waals surface area contributed by atoms with Gasteiger partial charge in [-0.3, -0.25) is 4.79 Å². The molecule has 0 aliphatic carbocycles. The van der Waals surface area contributed by atoms with Gasteiger partial charge in [0.15, 0.2) is 0 Å². The van der Waals surface area contributed by atoms with Crippen LogP contribution in [0, 0.1) is 5.92 Å². The topological polar surface area (TPSA) is 87.1 Å². The summed E-state index contributed by atoms with van der Waals surface area (Å²) in [6.45, 7) is 7.24. The van der Waals surface area contributed by atoms with Crippen LogP contribution in [-0.2, 0) is 9.53 Å². The van der Waals surface area contributed by atoms with E-state index in [0.717, 1.165) is 6.42 Å². The minimum Gasteiger partial charge on any atom is -0.481 e. The van der Waals surface area contributed by atoms with Crippen molar-refractivity contribution in [3.8, 4) is 0 Å². The second-order valence-corrected chi connectivity index (χ2v) is 6.00. The number of nitrogens with zero attached hydrogens (tertiary/aromatic N) is 1. The number of carbonyl (C=O) groups excluding carboxylic acids is 1. The standard InChI is InChI=1S/C13H23NO5/c1-8(11(16)17)10(15)9-6-5-7-14(9)12(18)19-13(2,3)4/h8-10,15H,5-7H2,1-4H3,(H,16,17)/t8-,9?,10-/m1/s1. The van der Waals surface area contributed by atoms with E-state index in [2.05, 4.69) is 0 Å². The average Bonchev–Trinajstić information content (AvgIpc) is 2.73. The van der Waals surface area contributed by atoms with Gasteiger partial charge in [0, 0.05) is 6.54 Å². The van der Waals surface area contributed by atoms with Crippen LogP contribution in [0.25, 0.3) is 0 Å². The Labute approximate surface area is 113 Å².